The van der Waals surface area contributed by atoms with Crippen molar-refractivity contribution in [3.8, 4) is 5.69 Å². The first-order chi connectivity index (χ1) is 13.4. The summed E-state index contributed by atoms with van der Waals surface area (Å²) in [6, 6.07) is 10.5. The first-order valence-corrected chi connectivity index (χ1v) is 9.44. The Kier molecular flexibility index (Phi) is 4.78. The van der Waals surface area contributed by atoms with E-state index in [1.54, 1.807) is 11.0 Å². The number of fused-ring (bicyclic) bond motifs is 1. The Bertz CT molecular complexity index is 1160. The van der Waals surface area contributed by atoms with Crippen LogP contribution in [0.3, 0.4) is 0 Å². The van der Waals surface area contributed by atoms with Gasteiger partial charge in [0, 0.05) is 17.4 Å². The molecule has 8 nitrogen and oxygen atoms in total. The summed E-state index contributed by atoms with van der Waals surface area (Å²) in [5.41, 5.74) is 4.16. The Morgan fingerprint density at radius 1 is 1.18 bits per heavy atom. The summed E-state index contributed by atoms with van der Waals surface area (Å²) in [5, 5.41) is 8.76. The van der Waals surface area contributed by atoms with Crippen LogP contribution >= 0.6 is 12.2 Å². The van der Waals surface area contributed by atoms with E-state index in [2.05, 4.69) is 51.2 Å². The van der Waals surface area contributed by atoms with E-state index in [0.717, 1.165) is 17.1 Å². The number of aryl methyl sites for hydroxylation is 2. The molecule has 4 rings (SSSR count). The molecule has 0 aliphatic rings. The SMILES string of the molecule is Cc1cc(C)n2c(=S)n(CN(C)[C@@H](C)c3ccc(-n4cncn4)cc3)nc2n1. The Morgan fingerprint density at radius 2 is 1.93 bits per heavy atom. The molecule has 9 heteroatoms. The number of aromatic nitrogens is 7. The van der Waals surface area contributed by atoms with Gasteiger partial charge in [0.05, 0.1) is 12.4 Å². The molecule has 0 spiro atoms. The molecule has 1 aromatic carbocycles. The summed E-state index contributed by atoms with van der Waals surface area (Å²) in [7, 11) is 2.06. The van der Waals surface area contributed by atoms with Crippen molar-refractivity contribution in [2.45, 2.75) is 33.5 Å². The predicted molar refractivity (Wildman–Crippen MR) is 109 cm³/mol. The van der Waals surface area contributed by atoms with E-state index in [9.17, 15) is 0 Å². The Hall–Kier alpha value is -2.91. The summed E-state index contributed by atoms with van der Waals surface area (Å²) >= 11 is 5.62. The van der Waals surface area contributed by atoms with Crippen LogP contribution in [0, 0.1) is 18.6 Å². The first kappa shape index (κ1) is 18.5. The highest BCUT2D eigenvalue weighted by molar-refractivity contribution is 7.71. The average molecular weight is 395 g/mol. The largest absolute Gasteiger partial charge is 0.281 e. The number of rotatable bonds is 5. The van der Waals surface area contributed by atoms with Crippen LogP contribution in [0.5, 0.6) is 0 Å². The zero-order valence-electron chi connectivity index (χ0n) is 16.3. The van der Waals surface area contributed by atoms with E-state index in [1.165, 1.54) is 11.9 Å². The van der Waals surface area contributed by atoms with Gasteiger partial charge in [0.1, 0.15) is 12.7 Å². The molecule has 0 N–H and O–H groups in total. The maximum atomic E-state index is 5.62. The molecule has 0 bridgehead atoms. The van der Waals surface area contributed by atoms with E-state index in [4.69, 9.17) is 12.2 Å². The normalized spacial score (nSPS) is 12.8. The van der Waals surface area contributed by atoms with E-state index in [1.807, 2.05) is 41.1 Å². The maximum absolute atomic E-state index is 5.62. The molecular weight excluding hydrogens is 372 g/mol. The Morgan fingerprint density at radius 3 is 2.61 bits per heavy atom. The van der Waals surface area contributed by atoms with Gasteiger partial charge in [-0.2, -0.15) is 5.10 Å². The lowest BCUT2D eigenvalue weighted by Gasteiger charge is -2.24. The molecule has 0 unspecified atom stereocenters. The molecule has 4 aromatic rings. The van der Waals surface area contributed by atoms with Crippen LogP contribution in [-0.2, 0) is 6.67 Å². The van der Waals surface area contributed by atoms with Gasteiger partial charge in [0.2, 0.25) is 4.77 Å². The lowest BCUT2D eigenvalue weighted by molar-refractivity contribution is 0.195. The fourth-order valence-electron chi connectivity index (χ4n) is 3.26. The summed E-state index contributed by atoms with van der Waals surface area (Å²) in [4.78, 5) is 10.7. The van der Waals surface area contributed by atoms with Crippen LogP contribution in [-0.4, -0.2) is 45.9 Å². The van der Waals surface area contributed by atoms with Gasteiger partial charge in [0.25, 0.3) is 5.78 Å². The van der Waals surface area contributed by atoms with Crippen molar-refractivity contribution in [1.82, 2.24) is 38.8 Å². The zero-order chi connectivity index (χ0) is 19.8. The molecule has 28 heavy (non-hydrogen) atoms. The molecule has 0 amide bonds. The summed E-state index contributed by atoms with van der Waals surface area (Å²) in [6.07, 6.45) is 3.22. The number of benzene rings is 1. The minimum atomic E-state index is 0.187. The number of hydrogen-bond donors (Lipinski definition) is 0. The molecular formula is C19H22N8S. The molecule has 0 aliphatic heterocycles. The van der Waals surface area contributed by atoms with Crippen LogP contribution < -0.4 is 0 Å². The van der Waals surface area contributed by atoms with Crippen molar-refractivity contribution in [1.29, 1.82) is 0 Å². The minimum absolute atomic E-state index is 0.187. The van der Waals surface area contributed by atoms with Crippen molar-refractivity contribution < 1.29 is 0 Å². The van der Waals surface area contributed by atoms with Crippen molar-refractivity contribution in [3.63, 3.8) is 0 Å². The lowest BCUT2D eigenvalue weighted by Crippen LogP contribution is -2.26. The van der Waals surface area contributed by atoms with Gasteiger partial charge in [0.15, 0.2) is 0 Å². The van der Waals surface area contributed by atoms with Crippen molar-refractivity contribution in [3.05, 3.63) is 64.7 Å². The van der Waals surface area contributed by atoms with Crippen molar-refractivity contribution >= 4 is 18.0 Å². The molecule has 3 aromatic heterocycles. The second kappa shape index (κ2) is 7.25. The van der Waals surface area contributed by atoms with Gasteiger partial charge in [-0.25, -0.2) is 19.3 Å². The summed E-state index contributed by atoms with van der Waals surface area (Å²) in [6.45, 7) is 6.73. The molecule has 0 aliphatic carbocycles. The van der Waals surface area contributed by atoms with Gasteiger partial charge in [-0.15, -0.1) is 5.10 Å². The van der Waals surface area contributed by atoms with Crippen LogP contribution in [0.1, 0.15) is 29.9 Å². The maximum Gasteiger partial charge on any atom is 0.254 e. The van der Waals surface area contributed by atoms with Crippen LogP contribution in [0.4, 0.5) is 0 Å². The molecule has 1 atom stereocenters. The summed E-state index contributed by atoms with van der Waals surface area (Å²) < 4.78 is 6.13. The van der Waals surface area contributed by atoms with E-state index < -0.39 is 0 Å². The van der Waals surface area contributed by atoms with Crippen LogP contribution in [0.15, 0.2) is 43.0 Å². The lowest BCUT2D eigenvalue weighted by atomic mass is 10.1. The molecule has 0 fully saturated rings. The Balaban J connectivity index is 1.56. The van der Waals surface area contributed by atoms with E-state index in [0.29, 0.717) is 17.2 Å². The fourth-order valence-corrected chi connectivity index (χ4v) is 3.59. The molecule has 3 heterocycles. The second-order valence-electron chi connectivity index (χ2n) is 6.96. The monoisotopic (exact) mass is 394 g/mol. The number of nitrogens with zero attached hydrogens (tertiary/aromatic N) is 8. The van der Waals surface area contributed by atoms with E-state index in [-0.39, 0.29) is 6.04 Å². The molecule has 144 valence electrons. The van der Waals surface area contributed by atoms with Crippen LogP contribution in [0.2, 0.25) is 0 Å². The third-order valence-electron chi connectivity index (χ3n) is 4.95. The summed E-state index contributed by atoms with van der Waals surface area (Å²) in [5.74, 6) is 0.640. The van der Waals surface area contributed by atoms with Crippen LogP contribution in [0.25, 0.3) is 11.5 Å². The quantitative estimate of drug-likeness (QED) is 0.485. The van der Waals surface area contributed by atoms with Crippen molar-refractivity contribution in [2.24, 2.45) is 0 Å². The van der Waals surface area contributed by atoms with Gasteiger partial charge in [-0.1, -0.05) is 12.1 Å². The predicted octanol–water partition coefficient (Wildman–Crippen LogP) is 3.11. The molecule has 0 saturated carbocycles. The first-order valence-electron chi connectivity index (χ1n) is 9.03. The topological polar surface area (TPSA) is 69.1 Å². The highest BCUT2D eigenvalue weighted by Gasteiger charge is 2.15. The number of hydrogen-bond acceptors (Lipinski definition) is 6. The van der Waals surface area contributed by atoms with Gasteiger partial charge < -0.3 is 0 Å². The third kappa shape index (κ3) is 3.34. The average Bonchev–Trinajstić information content (AvgIpc) is 3.30. The molecule has 0 radical (unpaired) electrons. The van der Waals surface area contributed by atoms with E-state index >= 15 is 0 Å². The highest BCUT2D eigenvalue weighted by Crippen LogP contribution is 2.21. The fraction of sp³-hybridized carbons (Fsp3) is 0.316. The third-order valence-corrected chi connectivity index (χ3v) is 5.34. The van der Waals surface area contributed by atoms with Crippen molar-refractivity contribution in [2.75, 3.05) is 7.05 Å². The zero-order valence-corrected chi connectivity index (χ0v) is 17.1. The van der Waals surface area contributed by atoms with Gasteiger partial charge in [-0.3, -0.25) is 9.30 Å². The Labute approximate surface area is 168 Å². The standard InChI is InChI=1S/C19H22N8S/c1-13-9-14(2)27-18(22-13)23-26(19(27)28)12-24(4)15(3)16-5-7-17(8-6-16)25-11-20-10-21-25/h5-11,15H,12H2,1-4H3/t15-/m0/s1. The van der Waals surface area contributed by atoms with Gasteiger partial charge >= 0.3 is 0 Å². The minimum Gasteiger partial charge on any atom is -0.281 e. The second-order valence-corrected chi connectivity index (χ2v) is 7.33. The smallest absolute Gasteiger partial charge is 0.254 e. The van der Waals surface area contributed by atoms with Gasteiger partial charge in [-0.05, 0) is 63.8 Å². The highest BCUT2D eigenvalue weighted by atomic mass is 32.1. The molecule has 0 saturated heterocycles.